The number of piperazine rings is 1. The Hall–Kier alpha value is -3.72. The molecule has 5 nitrogen and oxygen atoms in total. The lowest BCUT2D eigenvalue weighted by Gasteiger charge is -2.40. The number of aromatic nitrogens is 2. The normalized spacial score (nSPS) is 18.7. The Morgan fingerprint density at radius 1 is 0.914 bits per heavy atom. The Kier molecular flexibility index (Phi) is 6.50. The van der Waals surface area contributed by atoms with Crippen LogP contribution in [0.3, 0.4) is 0 Å². The minimum atomic E-state index is -1.89. The van der Waals surface area contributed by atoms with E-state index in [0.29, 0.717) is 33.4 Å². The van der Waals surface area contributed by atoms with Gasteiger partial charge in [0.25, 0.3) is 0 Å². The van der Waals surface area contributed by atoms with Crippen molar-refractivity contribution in [2.24, 2.45) is 0 Å². The minimum absolute atomic E-state index is 0.125. The van der Waals surface area contributed by atoms with Crippen molar-refractivity contribution in [2.45, 2.75) is 12.6 Å². The second-order valence-electron chi connectivity index (χ2n) is 8.26. The van der Waals surface area contributed by atoms with Crippen molar-refractivity contribution >= 4 is 28.2 Å². The predicted molar refractivity (Wildman–Crippen MR) is 129 cm³/mol. The number of hydrogen-bond acceptors (Lipinski definition) is 5. The molecule has 9 heteroatoms. The number of halogens is 4. The van der Waals surface area contributed by atoms with E-state index in [0.717, 1.165) is 0 Å². The smallest absolute Gasteiger partial charge is 0.227 e. The highest BCUT2D eigenvalue weighted by molar-refractivity contribution is 5.94. The van der Waals surface area contributed by atoms with Crippen LogP contribution in [0.15, 0.2) is 72.9 Å². The van der Waals surface area contributed by atoms with Gasteiger partial charge in [0, 0.05) is 48.2 Å². The van der Waals surface area contributed by atoms with Crippen LogP contribution < -0.4 is 10.2 Å². The van der Waals surface area contributed by atoms with Crippen molar-refractivity contribution in [3.63, 3.8) is 0 Å². The summed E-state index contributed by atoms with van der Waals surface area (Å²) in [4.78, 5) is 11.4. The van der Waals surface area contributed by atoms with Crippen LogP contribution in [-0.4, -0.2) is 53.8 Å². The third-order valence-corrected chi connectivity index (χ3v) is 6.09. The Labute approximate surface area is 200 Å². The van der Waals surface area contributed by atoms with Crippen LogP contribution in [0.4, 0.5) is 34.9 Å². The number of nitrogens with zero attached hydrogens (tertiary/aromatic N) is 4. The third-order valence-electron chi connectivity index (χ3n) is 6.09. The van der Waals surface area contributed by atoms with Gasteiger partial charge in [-0.2, -0.15) is 0 Å². The Morgan fingerprint density at radius 3 is 2.43 bits per heavy atom. The maximum atomic E-state index is 14.7. The van der Waals surface area contributed by atoms with Crippen molar-refractivity contribution in [1.29, 1.82) is 0 Å². The fraction of sp³-hybridized carbons (Fsp3) is 0.231. The molecule has 1 aromatic heterocycles. The van der Waals surface area contributed by atoms with Crippen molar-refractivity contribution in [3.05, 3.63) is 78.7 Å². The van der Waals surface area contributed by atoms with E-state index < -0.39 is 19.3 Å². The number of rotatable bonds is 6. The van der Waals surface area contributed by atoms with Gasteiger partial charge in [0.05, 0.1) is 5.52 Å². The lowest BCUT2D eigenvalue weighted by molar-refractivity contribution is -0.0125. The molecule has 0 spiro atoms. The first-order valence-electron chi connectivity index (χ1n) is 11.3. The fourth-order valence-electron chi connectivity index (χ4n) is 4.30. The summed E-state index contributed by atoms with van der Waals surface area (Å²) in [6.07, 6.45) is -2.15. The monoisotopic (exact) mass is 481 g/mol. The molecule has 3 aromatic carbocycles. The molecule has 2 unspecified atom stereocenters. The number of alkyl halides is 3. The largest absolute Gasteiger partial charge is 0.337 e. The quantitative estimate of drug-likeness (QED) is 0.276. The Balaban J connectivity index is 1.37. The summed E-state index contributed by atoms with van der Waals surface area (Å²) >= 11 is 0. The summed E-state index contributed by atoms with van der Waals surface area (Å²) < 4.78 is 56.3. The highest BCUT2D eigenvalue weighted by Gasteiger charge is 2.36. The first-order chi connectivity index (χ1) is 17.0. The van der Waals surface area contributed by atoms with Crippen LogP contribution >= 0.6 is 0 Å². The van der Waals surface area contributed by atoms with E-state index in [9.17, 15) is 17.6 Å². The number of hydrogen-bond donors (Lipinski definition) is 1. The predicted octanol–water partition coefficient (Wildman–Crippen LogP) is 5.86. The highest BCUT2D eigenvalue weighted by Crippen LogP contribution is 2.31. The summed E-state index contributed by atoms with van der Waals surface area (Å²) in [6, 6.07) is 19.0. The summed E-state index contributed by atoms with van der Waals surface area (Å²) in [5, 5.41) is 3.79. The van der Waals surface area contributed by atoms with Gasteiger partial charge in [-0.1, -0.05) is 30.3 Å². The molecule has 1 fully saturated rings. The zero-order chi connectivity index (χ0) is 24.4. The van der Waals surface area contributed by atoms with Gasteiger partial charge in [-0.3, -0.25) is 4.90 Å². The van der Waals surface area contributed by atoms with Gasteiger partial charge in [-0.15, -0.1) is 0 Å². The van der Waals surface area contributed by atoms with Gasteiger partial charge in [-0.25, -0.2) is 27.5 Å². The van der Waals surface area contributed by atoms with Gasteiger partial charge in [0.15, 0.2) is 0 Å². The molecule has 2 atom stereocenters. The standard InChI is InChI=1S/C26H23F4N5/c27-12-13-34-14-15-35(25(30)24(34)29)20-9-7-19(8-10-20)32-26-31-16-18-6-11-21(28)22(23(18)33-26)17-4-2-1-3-5-17/h1-11,16,24-25H,12-15H2,(H,31,32,33). The Bertz CT molecular complexity index is 1300. The molecular weight excluding hydrogens is 458 g/mol. The number of anilines is 3. The van der Waals surface area contributed by atoms with E-state index in [1.165, 1.54) is 15.9 Å². The van der Waals surface area contributed by atoms with Gasteiger partial charge < -0.3 is 10.2 Å². The molecule has 5 rings (SSSR count). The van der Waals surface area contributed by atoms with Crippen molar-refractivity contribution in [2.75, 3.05) is 36.5 Å². The van der Waals surface area contributed by atoms with Crippen molar-refractivity contribution in [1.82, 2.24) is 14.9 Å². The van der Waals surface area contributed by atoms with Crippen LogP contribution in [0, 0.1) is 5.82 Å². The molecular formula is C26H23F4N5. The average Bonchev–Trinajstić information content (AvgIpc) is 2.88. The topological polar surface area (TPSA) is 44.3 Å². The molecule has 1 saturated heterocycles. The number of fused-ring (bicyclic) bond motifs is 1. The summed E-state index contributed by atoms with van der Waals surface area (Å²) in [5.41, 5.74) is 2.73. The Morgan fingerprint density at radius 2 is 1.69 bits per heavy atom. The van der Waals surface area contributed by atoms with E-state index in [4.69, 9.17) is 0 Å². The second-order valence-corrected chi connectivity index (χ2v) is 8.26. The first-order valence-corrected chi connectivity index (χ1v) is 11.3. The molecule has 1 aliphatic heterocycles. The lowest BCUT2D eigenvalue weighted by Crippen LogP contribution is -2.56. The van der Waals surface area contributed by atoms with Crippen molar-refractivity contribution in [3.8, 4) is 11.1 Å². The second kappa shape index (κ2) is 9.87. The maximum Gasteiger partial charge on any atom is 0.227 e. The van der Waals surface area contributed by atoms with Crippen molar-refractivity contribution < 1.29 is 17.6 Å². The number of benzene rings is 3. The van der Waals surface area contributed by atoms with Crippen LogP contribution in [0.1, 0.15) is 0 Å². The molecule has 0 bridgehead atoms. The van der Waals surface area contributed by atoms with Gasteiger partial charge >= 0.3 is 0 Å². The molecule has 1 N–H and O–H groups in total. The van der Waals surface area contributed by atoms with Crippen LogP contribution in [-0.2, 0) is 0 Å². The molecule has 0 radical (unpaired) electrons. The SMILES string of the molecule is FCCN1CCN(c2ccc(Nc3ncc4ccc(F)c(-c5ccccc5)c4n3)cc2)C(F)C1F. The molecule has 35 heavy (non-hydrogen) atoms. The van der Waals surface area contributed by atoms with E-state index in [2.05, 4.69) is 15.3 Å². The van der Waals surface area contributed by atoms with E-state index in [-0.39, 0.29) is 31.4 Å². The molecule has 0 amide bonds. The number of nitrogens with one attached hydrogen (secondary N) is 1. The molecule has 0 saturated carbocycles. The molecule has 1 aliphatic rings. The molecule has 180 valence electrons. The summed E-state index contributed by atoms with van der Waals surface area (Å²) in [7, 11) is 0. The van der Waals surface area contributed by atoms with Crippen LogP contribution in [0.2, 0.25) is 0 Å². The van der Waals surface area contributed by atoms with Gasteiger partial charge in [-0.05, 0) is 42.0 Å². The minimum Gasteiger partial charge on any atom is -0.337 e. The van der Waals surface area contributed by atoms with Crippen LogP contribution in [0.25, 0.3) is 22.0 Å². The fourth-order valence-corrected chi connectivity index (χ4v) is 4.30. The summed E-state index contributed by atoms with van der Waals surface area (Å²) in [6.45, 7) is -0.365. The molecule has 2 heterocycles. The zero-order valence-corrected chi connectivity index (χ0v) is 18.7. The molecule has 4 aromatic rings. The van der Waals surface area contributed by atoms with Gasteiger partial charge in [0.1, 0.15) is 12.5 Å². The summed E-state index contributed by atoms with van der Waals surface area (Å²) in [5.74, 6) is -0.101. The highest BCUT2D eigenvalue weighted by atomic mass is 19.2. The van der Waals surface area contributed by atoms with E-state index in [1.54, 1.807) is 36.5 Å². The van der Waals surface area contributed by atoms with Crippen LogP contribution in [0.5, 0.6) is 0 Å². The molecule has 0 aliphatic carbocycles. The average molecular weight is 481 g/mol. The lowest BCUT2D eigenvalue weighted by atomic mass is 10.0. The van der Waals surface area contributed by atoms with Gasteiger partial charge in [0.2, 0.25) is 18.5 Å². The third kappa shape index (κ3) is 4.64. The maximum absolute atomic E-state index is 14.7. The first kappa shape index (κ1) is 23.0. The van der Waals surface area contributed by atoms with E-state index in [1.807, 2.05) is 30.3 Å². The zero-order valence-electron chi connectivity index (χ0n) is 18.7. The van der Waals surface area contributed by atoms with E-state index >= 15 is 0 Å².